The number of aryl methyl sites for hydroxylation is 3. The van der Waals surface area contributed by atoms with Gasteiger partial charge in [-0.3, -0.25) is 0 Å². The van der Waals surface area contributed by atoms with E-state index in [2.05, 4.69) is 58.9 Å². The molecule has 0 saturated carbocycles. The van der Waals surface area contributed by atoms with Crippen LogP contribution in [0.2, 0.25) is 0 Å². The maximum atomic E-state index is 8.43. The molecule has 1 heterocycles. The first-order chi connectivity index (χ1) is 9.32. The number of pyridine rings is 1. The Morgan fingerprint density at radius 1 is 1.05 bits per heavy atom. The minimum atomic E-state index is 0.377. The smallest absolute Gasteiger partial charge is 0.201 e. The van der Waals surface area contributed by atoms with Gasteiger partial charge in [0.2, 0.25) is 5.69 Å². The molecule has 0 saturated heterocycles. The van der Waals surface area contributed by atoms with Crippen molar-refractivity contribution in [2.75, 3.05) is 0 Å². The van der Waals surface area contributed by atoms with E-state index in [1.54, 1.807) is 0 Å². The Morgan fingerprint density at radius 2 is 1.74 bits per heavy atom. The lowest BCUT2D eigenvalue weighted by atomic mass is 9.96. The summed E-state index contributed by atoms with van der Waals surface area (Å²) >= 11 is 0. The number of nitrogens with zero attached hydrogens (tertiary/aromatic N) is 1. The molecule has 1 aromatic carbocycles. The summed E-state index contributed by atoms with van der Waals surface area (Å²) in [7, 11) is 1.99. The Morgan fingerprint density at radius 3 is 2.32 bits per heavy atom. The second-order valence-corrected chi connectivity index (χ2v) is 5.77. The molecule has 100 valence electrons. The molecule has 0 radical (unpaired) electrons. The first-order valence-corrected chi connectivity index (χ1v) is 6.90. The molecule has 0 aliphatic rings. The van der Waals surface area contributed by atoms with E-state index >= 15 is 0 Å². The van der Waals surface area contributed by atoms with Gasteiger partial charge < -0.3 is 0 Å². The van der Waals surface area contributed by atoms with Gasteiger partial charge in [0.25, 0.3) is 0 Å². The molecule has 1 nitrogen and oxygen atoms in total. The monoisotopic (exact) mass is 255 g/mol. The van der Waals surface area contributed by atoms with Gasteiger partial charge in [0.1, 0.15) is 8.42 Å². The van der Waals surface area contributed by atoms with Crippen LogP contribution in [0.25, 0.3) is 11.3 Å². The van der Waals surface area contributed by atoms with Gasteiger partial charge in [-0.1, -0.05) is 31.5 Å². The molecule has 0 bridgehead atoms. The summed E-state index contributed by atoms with van der Waals surface area (Å²) in [6, 6.07) is 8.71. The third-order valence-corrected chi connectivity index (χ3v) is 3.66. The Labute approximate surface area is 118 Å². The molecule has 0 N–H and O–H groups in total. The summed E-state index contributed by atoms with van der Waals surface area (Å²) in [6.07, 6.45) is 0.620. The molecule has 1 aromatic heterocycles. The molecule has 1 heteroatoms. The standard InChI is InChI=1S/C18H24N/c1-12(2)17-11-19(6)18(10-15(17)5)16-8-7-13(3)9-14(16)4/h7-12H,1-6H3/q+1/i11D. The van der Waals surface area contributed by atoms with Gasteiger partial charge in [0.15, 0.2) is 6.17 Å². The summed E-state index contributed by atoms with van der Waals surface area (Å²) in [5.41, 5.74) is 7.21. The average molecular weight is 255 g/mol. The zero-order valence-corrected chi connectivity index (χ0v) is 12.8. The molecular weight excluding hydrogens is 230 g/mol. The van der Waals surface area contributed by atoms with E-state index in [9.17, 15) is 0 Å². The predicted molar refractivity (Wildman–Crippen MR) is 81.4 cm³/mol. The lowest BCUT2D eigenvalue weighted by molar-refractivity contribution is -0.660. The quantitative estimate of drug-likeness (QED) is 0.707. The van der Waals surface area contributed by atoms with E-state index < -0.39 is 0 Å². The molecule has 0 amide bonds. The highest BCUT2D eigenvalue weighted by molar-refractivity contribution is 5.62. The Kier molecular flexibility index (Phi) is 3.37. The third-order valence-electron chi connectivity index (χ3n) is 3.66. The van der Waals surface area contributed by atoms with E-state index in [1.807, 2.05) is 11.6 Å². The van der Waals surface area contributed by atoms with Crippen molar-refractivity contribution >= 4 is 0 Å². The lowest BCUT2D eigenvalue weighted by Crippen LogP contribution is -2.32. The van der Waals surface area contributed by atoms with E-state index in [4.69, 9.17) is 1.37 Å². The van der Waals surface area contributed by atoms with Crippen molar-refractivity contribution in [3.63, 3.8) is 0 Å². The van der Waals surface area contributed by atoms with Gasteiger partial charge >= 0.3 is 0 Å². The molecule has 19 heavy (non-hydrogen) atoms. The van der Waals surface area contributed by atoms with Crippen molar-refractivity contribution in [3.05, 3.63) is 52.7 Å². The zero-order chi connectivity index (χ0) is 15.0. The SMILES string of the molecule is [2H]c1c(C(C)C)c(C)cc(-c2ccc(C)cc2C)[n+]1C. The minimum Gasteiger partial charge on any atom is -0.201 e. The highest BCUT2D eigenvalue weighted by Crippen LogP contribution is 2.25. The highest BCUT2D eigenvalue weighted by Gasteiger charge is 2.16. The van der Waals surface area contributed by atoms with Crippen molar-refractivity contribution in [2.45, 2.75) is 40.5 Å². The zero-order valence-electron chi connectivity index (χ0n) is 13.8. The van der Waals surface area contributed by atoms with Crippen LogP contribution in [0.3, 0.4) is 0 Å². The Balaban J connectivity index is 2.70. The number of benzene rings is 1. The van der Waals surface area contributed by atoms with Crippen molar-refractivity contribution in [1.29, 1.82) is 0 Å². The Hall–Kier alpha value is -1.63. The van der Waals surface area contributed by atoms with Gasteiger partial charge in [-0.2, -0.15) is 0 Å². The molecule has 0 unspecified atom stereocenters. The van der Waals surface area contributed by atoms with Gasteiger partial charge in [-0.05, 0) is 43.9 Å². The fourth-order valence-electron chi connectivity index (χ4n) is 2.65. The van der Waals surface area contributed by atoms with Crippen LogP contribution in [0.1, 0.15) is 43.4 Å². The van der Waals surface area contributed by atoms with Gasteiger partial charge in [-0.15, -0.1) is 0 Å². The van der Waals surface area contributed by atoms with E-state index in [0.717, 1.165) is 11.3 Å². The fourth-order valence-corrected chi connectivity index (χ4v) is 2.65. The molecule has 0 aliphatic carbocycles. The Bertz CT molecular complexity index is 657. The van der Waals surface area contributed by atoms with Gasteiger partial charge in [-0.25, -0.2) is 4.57 Å². The maximum Gasteiger partial charge on any atom is 0.212 e. The predicted octanol–water partition coefficient (Wildman–Crippen LogP) is 4.23. The van der Waals surface area contributed by atoms with Gasteiger partial charge in [0, 0.05) is 17.2 Å². The van der Waals surface area contributed by atoms with Crippen LogP contribution in [-0.4, -0.2) is 0 Å². The second-order valence-electron chi connectivity index (χ2n) is 5.77. The minimum absolute atomic E-state index is 0.377. The molecular formula is C18H24N+. The van der Waals surface area contributed by atoms with Crippen LogP contribution in [0.4, 0.5) is 0 Å². The van der Waals surface area contributed by atoms with Crippen LogP contribution >= 0.6 is 0 Å². The van der Waals surface area contributed by atoms with Crippen LogP contribution < -0.4 is 4.57 Å². The van der Waals surface area contributed by atoms with Crippen molar-refractivity contribution in [2.24, 2.45) is 7.05 Å². The van der Waals surface area contributed by atoms with E-state index in [1.165, 1.54) is 22.3 Å². The van der Waals surface area contributed by atoms with Crippen molar-refractivity contribution in [3.8, 4) is 11.3 Å². The maximum absolute atomic E-state index is 8.43. The van der Waals surface area contributed by atoms with Crippen molar-refractivity contribution in [1.82, 2.24) is 0 Å². The summed E-state index contributed by atoms with van der Waals surface area (Å²) in [5.74, 6) is 0.377. The first kappa shape index (κ1) is 12.4. The number of rotatable bonds is 2. The largest absolute Gasteiger partial charge is 0.212 e. The van der Waals surface area contributed by atoms with Crippen molar-refractivity contribution < 1.29 is 5.94 Å². The highest BCUT2D eigenvalue weighted by atomic mass is 14.9. The second kappa shape index (κ2) is 5.16. The molecule has 0 spiro atoms. The summed E-state index contributed by atoms with van der Waals surface area (Å²) in [6.45, 7) is 10.7. The molecule has 0 fully saturated rings. The molecule has 0 atom stereocenters. The fraction of sp³-hybridized carbons (Fsp3) is 0.389. The first-order valence-electron chi connectivity index (χ1n) is 7.40. The summed E-state index contributed by atoms with van der Waals surface area (Å²) in [4.78, 5) is 0. The summed E-state index contributed by atoms with van der Waals surface area (Å²) in [5, 5.41) is 0. The van der Waals surface area contributed by atoms with Crippen LogP contribution in [0.15, 0.2) is 30.4 Å². The third kappa shape index (κ3) is 2.70. The molecule has 2 aromatic rings. The average Bonchev–Trinajstić information content (AvgIpc) is 2.34. The lowest BCUT2D eigenvalue weighted by Gasteiger charge is -2.11. The van der Waals surface area contributed by atoms with Crippen LogP contribution in [0.5, 0.6) is 0 Å². The van der Waals surface area contributed by atoms with E-state index in [0.29, 0.717) is 12.1 Å². The normalized spacial score (nSPS) is 11.8. The topological polar surface area (TPSA) is 3.88 Å². The molecule has 2 rings (SSSR count). The number of hydrogen-bond donors (Lipinski definition) is 0. The van der Waals surface area contributed by atoms with Crippen LogP contribution in [0, 0.1) is 20.8 Å². The van der Waals surface area contributed by atoms with Crippen LogP contribution in [-0.2, 0) is 7.05 Å². The number of hydrogen-bond acceptors (Lipinski definition) is 0. The van der Waals surface area contributed by atoms with E-state index in [-0.39, 0.29) is 0 Å². The number of aromatic nitrogens is 1. The van der Waals surface area contributed by atoms with Gasteiger partial charge in [0.05, 0.1) is 0 Å². The molecule has 0 aliphatic heterocycles. The summed E-state index contributed by atoms with van der Waals surface area (Å²) < 4.78 is 10.4.